The Balaban J connectivity index is 2.58. The number of amides is 1. The van der Waals surface area contributed by atoms with Gasteiger partial charge in [-0.3, -0.25) is 4.79 Å². The van der Waals surface area contributed by atoms with Gasteiger partial charge in [0.05, 0.1) is 0 Å². The largest absolute Gasteiger partial charge is 0.342 e. The van der Waals surface area contributed by atoms with E-state index in [1.165, 1.54) is 24.6 Å². The zero-order valence-electron chi connectivity index (χ0n) is 12.0. The van der Waals surface area contributed by atoms with E-state index in [1.54, 1.807) is 0 Å². The van der Waals surface area contributed by atoms with Gasteiger partial charge in [0.15, 0.2) is 0 Å². The molecule has 1 rings (SSSR count). The van der Waals surface area contributed by atoms with Gasteiger partial charge < -0.3 is 10.6 Å². The molecule has 18 heavy (non-hydrogen) atoms. The minimum Gasteiger partial charge on any atom is -0.342 e. The topological polar surface area (TPSA) is 41.1 Å². The lowest BCUT2D eigenvalue weighted by Crippen LogP contribution is -2.47. The van der Waals surface area contributed by atoms with Gasteiger partial charge in [0, 0.05) is 16.8 Å². The molecule has 1 unspecified atom stereocenters. The van der Waals surface area contributed by atoms with Crippen molar-refractivity contribution in [3.05, 3.63) is 12.2 Å². The molecule has 0 spiro atoms. The van der Waals surface area contributed by atoms with Crippen LogP contribution in [-0.2, 0) is 0 Å². The van der Waals surface area contributed by atoms with Gasteiger partial charge in [-0.2, -0.15) is 0 Å². The van der Waals surface area contributed by atoms with Crippen LogP contribution in [0.5, 0.6) is 0 Å². The number of hydrogen-bond donors (Lipinski definition) is 2. The van der Waals surface area contributed by atoms with Crippen molar-refractivity contribution >= 4 is 17.0 Å². The van der Waals surface area contributed by atoms with E-state index < -0.39 is 0 Å². The average Bonchev–Trinajstić information content (AvgIpc) is 2.20. The lowest BCUT2D eigenvalue weighted by molar-refractivity contribution is 0.253. The molecule has 0 aromatic carbocycles. The van der Waals surface area contributed by atoms with E-state index in [4.69, 9.17) is 0 Å². The zero-order chi connectivity index (χ0) is 13.6. The third-order valence-electron chi connectivity index (χ3n) is 2.95. The van der Waals surface area contributed by atoms with Crippen LogP contribution < -0.4 is 10.6 Å². The van der Waals surface area contributed by atoms with Gasteiger partial charge in [0.1, 0.15) is 0 Å². The van der Waals surface area contributed by atoms with Crippen LogP contribution in [0.1, 0.15) is 46.5 Å². The molecule has 0 bridgehead atoms. The highest BCUT2D eigenvalue weighted by Crippen LogP contribution is 2.24. The van der Waals surface area contributed by atoms with Crippen LogP contribution in [0.15, 0.2) is 12.2 Å². The maximum atomic E-state index is 12.0. The molecule has 0 aromatic rings. The van der Waals surface area contributed by atoms with Crippen molar-refractivity contribution < 1.29 is 4.79 Å². The van der Waals surface area contributed by atoms with E-state index >= 15 is 0 Å². The molecule has 0 radical (unpaired) electrons. The number of carbonyl (C=O) groups is 1. The fourth-order valence-electron chi connectivity index (χ4n) is 2.10. The summed E-state index contributed by atoms with van der Waals surface area (Å²) in [5.74, 6) is 0. The van der Waals surface area contributed by atoms with Crippen LogP contribution in [-0.4, -0.2) is 29.1 Å². The highest BCUT2D eigenvalue weighted by atomic mass is 32.2. The SMILES string of the molecule is CNC1/C=C/CCCC[C@H]1NC(=O)SC(C)(C)C. The molecule has 0 heterocycles. The van der Waals surface area contributed by atoms with E-state index in [0.717, 1.165) is 12.8 Å². The Morgan fingerprint density at radius 3 is 2.67 bits per heavy atom. The van der Waals surface area contributed by atoms with Crippen molar-refractivity contribution in [1.29, 1.82) is 0 Å². The van der Waals surface area contributed by atoms with Crippen LogP contribution in [0.4, 0.5) is 4.79 Å². The molecule has 0 aromatic heterocycles. The third kappa shape index (κ3) is 5.91. The summed E-state index contributed by atoms with van der Waals surface area (Å²) in [5.41, 5.74) is 0. The molecule has 0 saturated heterocycles. The summed E-state index contributed by atoms with van der Waals surface area (Å²) in [7, 11) is 1.95. The molecular formula is C14H26N2OS. The van der Waals surface area contributed by atoms with E-state index in [-0.39, 0.29) is 22.1 Å². The Hall–Kier alpha value is -0.480. The van der Waals surface area contributed by atoms with Gasteiger partial charge in [-0.15, -0.1) is 0 Å². The van der Waals surface area contributed by atoms with Crippen molar-refractivity contribution in [2.24, 2.45) is 0 Å². The average molecular weight is 270 g/mol. The monoisotopic (exact) mass is 270 g/mol. The van der Waals surface area contributed by atoms with Gasteiger partial charge >= 0.3 is 0 Å². The lowest BCUT2D eigenvalue weighted by Gasteiger charge is -2.28. The molecule has 104 valence electrons. The molecule has 2 N–H and O–H groups in total. The number of rotatable bonds is 2. The minimum atomic E-state index is -0.0311. The van der Waals surface area contributed by atoms with Crippen molar-refractivity contribution in [3.8, 4) is 0 Å². The predicted molar refractivity (Wildman–Crippen MR) is 80.1 cm³/mol. The van der Waals surface area contributed by atoms with Crippen molar-refractivity contribution in [3.63, 3.8) is 0 Å². The first-order chi connectivity index (χ1) is 8.42. The summed E-state index contributed by atoms with van der Waals surface area (Å²) < 4.78 is -0.0311. The smallest absolute Gasteiger partial charge is 0.279 e. The molecule has 1 amide bonds. The zero-order valence-corrected chi connectivity index (χ0v) is 12.8. The molecule has 1 aliphatic rings. The first-order valence-corrected chi connectivity index (χ1v) is 7.57. The van der Waals surface area contributed by atoms with Gasteiger partial charge in [-0.05, 0) is 26.3 Å². The summed E-state index contributed by atoms with van der Waals surface area (Å²) >= 11 is 1.37. The Labute approximate surface area is 115 Å². The number of carbonyl (C=O) groups excluding carboxylic acids is 1. The van der Waals surface area contributed by atoms with E-state index in [0.29, 0.717) is 0 Å². The van der Waals surface area contributed by atoms with Crippen LogP contribution in [0.3, 0.4) is 0 Å². The molecule has 1 aliphatic carbocycles. The molecule has 2 atom stereocenters. The highest BCUT2D eigenvalue weighted by molar-refractivity contribution is 8.14. The molecular weight excluding hydrogens is 244 g/mol. The maximum absolute atomic E-state index is 12.0. The normalized spacial score (nSPS) is 27.1. The highest BCUT2D eigenvalue weighted by Gasteiger charge is 2.23. The van der Waals surface area contributed by atoms with Crippen LogP contribution in [0, 0.1) is 0 Å². The minimum absolute atomic E-state index is 0.0311. The fourth-order valence-corrected chi connectivity index (χ4v) is 2.87. The number of hydrogen-bond acceptors (Lipinski definition) is 3. The van der Waals surface area contributed by atoms with Crippen LogP contribution in [0.25, 0.3) is 0 Å². The molecule has 0 aliphatic heterocycles. The predicted octanol–water partition coefficient (Wildman–Crippen LogP) is 3.31. The molecule has 4 heteroatoms. The number of allylic oxidation sites excluding steroid dienone is 1. The Morgan fingerprint density at radius 2 is 2.06 bits per heavy atom. The van der Waals surface area contributed by atoms with Crippen molar-refractivity contribution in [2.75, 3.05) is 7.05 Å². The Bertz CT molecular complexity index is 297. The Morgan fingerprint density at radius 1 is 1.33 bits per heavy atom. The van der Waals surface area contributed by atoms with Crippen molar-refractivity contribution in [2.45, 2.75) is 63.3 Å². The second kappa shape index (κ2) is 7.19. The van der Waals surface area contributed by atoms with E-state index in [9.17, 15) is 4.79 Å². The standard InChI is InChI=1S/C14H26N2OS/c1-14(2,3)18-13(17)16-12-10-8-6-5-7-9-11(12)15-4/h7,9,11-12,15H,5-6,8,10H2,1-4H3,(H,16,17)/b9-7+/t11?,12-/m1/s1. The summed E-state index contributed by atoms with van der Waals surface area (Å²) in [6.07, 6.45) is 8.99. The quantitative estimate of drug-likeness (QED) is 0.756. The second-order valence-corrected chi connectivity index (χ2v) is 7.58. The van der Waals surface area contributed by atoms with Gasteiger partial charge in [0.2, 0.25) is 0 Å². The van der Waals surface area contributed by atoms with Crippen LogP contribution >= 0.6 is 11.8 Å². The summed E-state index contributed by atoms with van der Waals surface area (Å²) in [6, 6.07) is 0.448. The number of nitrogens with one attached hydrogen (secondary N) is 2. The first kappa shape index (κ1) is 15.6. The first-order valence-electron chi connectivity index (χ1n) is 6.76. The summed E-state index contributed by atoms with van der Waals surface area (Å²) in [4.78, 5) is 12.0. The summed E-state index contributed by atoms with van der Waals surface area (Å²) in [5, 5.41) is 6.52. The number of thioether (sulfide) groups is 1. The Kier molecular flexibility index (Phi) is 6.22. The maximum Gasteiger partial charge on any atom is 0.279 e. The molecule has 3 nitrogen and oxygen atoms in total. The molecule has 0 saturated carbocycles. The van der Waals surface area contributed by atoms with Gasteiger partial charge in [-0.1, -0.05) is 51.1 Å². The second-order valence-electron chi connectivity index (χ2n) is 5.78. The lowest BCUT2D eigenvalue weighted by atomic mass is 9.97. The third-order valence-corrected chi connectivity index (χ3v) is 3.86. The van der Waals surface area contributed by atoms with E-state index in [1.807, 2.05) is 7.05 Å². The van der Waals surface area contributed by atoms with Crippen LogP contribution in [0.2, 0.25) is 0 Å². The number of likely N-dealkylation sites (N-methyl/N-ethyl adjacent to an activating group) is 1. The van der Waals surface area contributed by atoms with Gasteiger partial charge in [0.25, 0.3) is 5.24 Å². The molecule has 0 fully saturated rings. The fraction of sp³-hybridized carbons (Fsp3) is 0.786. The van der Waals surface area contributed by atoms with Gasteiger partial charge in [-0.25, -0.2) is 0 Å². The van der Waals surface area contributed by atoms with E-state index in [2.05, 4.69) is 43.6 Å². The summed E-state index contributed by atoms with van der Waals surface area (Å²) in [6.45, 7) is 6.18. The van der Waals surface area contributed by atoms with Crippen molar-refractivity contribution in [1.82, 2.24) is 10.6 Å².